The molecule has 0 radical (unpaired) electrons. The van der Waals surface area contributed by atoms with Gasteiger partial charge < -0.3 is 10.1 Å². The van der Waals surface area contributed by atoms with Crippen molar-refractivity contribution in [3.8, 4) is 5.75 Å². The van der Waals surface area contributed by atoms with Gasteiger partial charge in [0.05, 0.1) is 5.69 Å². The molecular weight excluding hydrogens is 432 g/mol. The third-order valence-corrected chi connectivity index (χ3v) is 11.0. The average molecular weight is 463 g/mol. The molecule has 31 heavy (non-hydrogen) atoms. The predicted molar refractivity (Wildman–Crippen MR) is 123 cm³/mol. The van der Waals surface area contributed by atoms with Crippen LogP contribution in [0.15, 0.2) is 46.0 Å². The Morgan fingerprint density at radius 3 is 2.48 bits per heavy atom. The van der Waals surface area contributed by atoms with Gasteiger partial charge in [-0.3, -0.25) is 9.10 Å². The lowest BCUT2D eigenvalue weighted by molar-refractivity contribution is -0.124. The normalized spacial score (nSPS) is 26.6. The topological polar surface area (TPSA) is 75.7 Å². The highest BCUT2D eigenvalue weighted by Gasteiger charge is 2.61. The minimum atomic E-state index is -3.57. The van der Waals surface area contributed by atoms with E-state index in [-0.39, 0.29) is 29.4 Å². The van der Waals surface area contributed by atoms with Crippen molar-refractivity contribution >= 4 is 33.0 Å². The molecule has 4 rings (SSSR count). The Morgan fingerprint density at radius 1 is 1.23 bits per heavy atom. The van der Waals surface area contributed by atoms with Crippen LogP contribution in [0.25, 0.3) is 0 Å². The fraction of sp³-hybridized carbons (Fsp3) is 0.522. The molecule has 2 fully saturated rings. The second kappa shape index (κ2) is 7.81. The number of fused-ring (bicyclic) bond motifs is 2. The molecule has 1 amide bonds. The standard InChI is InChI=1S/C23H30N2O4S2/c1-22(2)16-11-12-23(22,3)19(14-16)24-20(26)15-29-18-9-7-17(8-10-18)25(4)31(27,28)21-6-5-13-30-21/h5-10,13,16,19H,11-12,14-15H2,1-4H3,(H,24,26). The molecular formula is C23H30N2O4S2. The van der Waals surface area contributed by atoms with Crippen LogP contribution in [0.4, 0.5) is 5.69 Å². The first kappa shape index (κ1) is 22.1. The number of nitrogens with zero attached hydrogens (tertiary/aromatic N) is 1. The minimum absolute atomic E-state index is 0.0552. The Morgan fingerprint density at radius 2 is 1.94 bits per heavy atom. The van der Waals surface area contributed by atoms with Gasteiger partial charge in [0.25, 0.3) is 15.9 Å². The van der Waals surface area contributed by atoms with Gasteiger partial charge in [-0.25, -0.2) is 8.42 Å². The van der Waals surface area contributed by atoms with E-state index < -0.39 is 10.0 Å². The Hall–Kier alpha value is -2.06. The molecule has 3 atom stereocenters. The Balaban J connectivity index is 1.33. The lowest BCUT2D eigenvalue weighted by Gasteiger charge is -2.39. The summed E-state index contributed by atoms with van der Waals surface area (Å²) in [5.41, 5.74) is 0.910. The van der Waals surface area contributed by atoms with Crippen LogP contribution < -0.4 is 14.4 Å². The lowest BCUT2D eigenvalue weighted by atomic mass is 9.69. The molecule has 2 bridgehead atoms. The highest BCUT2D eigenvalue weighted by Crippen LogP contribution is 2.65. The van der Waals surface area contributed by atoms with Crippen molar-refractivity contribution in [3.05, 3.63) is 41.8 Å². The molecule has 2 aromatic rings. The maximum Gasteiger partial charge on any atom is 0.273 e. The molecule has 1 aromatic carbocycles. The van der Waals surface area contributed by atoms with E-state index >= 15 is 0 Å². The minimum Gasteiger partial charge on any atom is -0.484 e. The van der Waals surface area contributed by atoms with E-state index in [9.17, 15) is 13.2 Å². The van der Waals surface area contributed by atoms with E-state index in [0.29, 0.717) is 21.6 Å². The van der Waals surface area contributed by atoms with Crippen LogP contribution in [0.2, 0.25) is 0 Å². The number of carbonyl (C=O) groups is 1. The molecule has 3 unspecified atom stereocenters. The van der Waals surface area contributed by atoms with Crippen molar-refractivity contribution in [1.82, 2.24) is 5.32 Å². The number of anilines is 1. The molecule has 0 aliphatic heterocycles. The van der Waals surface area contributed by atoms with Crippen LogP contribution in [-0.2, 0) is 14.8 Å². The molecule has 2 saturated carbocycles. The molecule has 1 aromatic heterocycles. The Kier molecular flexibility index (Phi) is 5.58. The zero-order valence-electron chi connectivity index (χ0n) is 18.4. The van der Waals surface area contributed by atoms with Crippen molar-refractivity contribution in [2.45, 2.75) is 50.3 Å². The Labute approximate surface area is 188 Å². The van der Waals surface area contributed by atoms with Crippen LogP contribution in [0.5, 0.6) is 5.75 Å². The largest absolute Gasteiger partial charge is 0.484 e. The van der Waals surface area contributed by atoms with Gasteiger partial charge in [-0.05, 0) is 71.7 Å². The quantitative estimate of drug-likeness (QED) is 0.666. The third-order valence-electron chi connectivity index (χ3n) is 7.81. The zero-order chi connectivity index (χ0) is 22.4. The fourth-order valence-electron chi connectivity index (χ4n) is 5.24. The lowest BCUT2D eigenvalue weighted by Crippen LogP contribution is -2.48. The van der Waals surface area contributed by atoms with E-state index in [2.05, 4.69) is 26.1 Å². The summed E-state index contributed by atoms with van der Waals surface area (Å²) in [7, 11) is -2.05. The highest BCUT2D eigenvalue weighted by molar-refractivity contribution is 7.94. The van der Waals surface area contributed by atoms with Gasteiger partial charge >= 0.3 is 0 Å². The first-order chi connectivity index (χ1) is 14.6. The van der Waals surface area contributed by atoms with Gasteiger partial charge in [0.15, 0.2) is 6.61 Å². The summed E-state index contributed by atoms with van der Waals surface area (Å²) < 4.78 is 32.5. The van der Waals surface area contributed by atoms with Crippen molar-refractivity contribution in [2.24, 2.45) is 16.7 Å². The first-order valence-corrected chi connectivity index (χ1v) is 12.9. The van der Waals surface area contributed by atoms with Crippen LogP contribution in [0.1, 0.15) is 40.0 Å². The van der Waals surface area contributed by atoms with E-state index in [1.54, 1.807) is 41.8 Å². The summed E-state index contributed by atoms with van der Waals surface area (Å²) in [4.78, 5) is 12.5. The number of carbonyl (C=O) groups excluding carboxylic acids is 1. The SMILES string of the molecule is CN(c1ccc(OCC(=O)NC2CC3CCC2(C)C3(C)C)cc1)S(=O)(=O)c1cccs1. The predicted octanol–water partition coefficient (Wildman–Crippen LogP) is 4.28. The van der Waals surface area contributed by atoms with Crippen molar-refractivity contribution in [2.75, 3.05) is 18.0 Å². The van der Waals surface area contributed by atoms with E-state index in [1.807, 2.05) is 0 Å². The number of nitrogens with one attached hydrogen (secondary N) is 1. The summed E-state index contributed by atoms with van der Waals surface area (Å²) in [5, 5.41) is 4.93. The van der Waals surface area contributed by atoms with E-state index in [1.165, 1.54) is 29.1 Å². The number of rotatable bonds is 7. The first-order valence-electron chi connectivity index (χ1n) is 10.6. The highest BCUT2D eigenvalue weighted by atomic mass is 32.2. The maximum atomic E-state index is 12.6. The third kappa shape index (κ3) is 3.74. The van der Waals surface area contributed by atoms with Crippen molar-refractivity contribution in [3.63, 3.8) is 0 Å². The van der Waals surface area contributed by atoms with E-state index in [4.69, 9.17) is 4.74 Å². The molecule has 6 nitrogen and oxygen atoms in total. The molecule has 0 spiro atoms. The number of amides is 1. The molecule has 8 heteroatoms. The molecule has 0 saturated heterocycles. The number of thiophene rings is 1. The maximum absolute atomic E-state index is 12.6. The Bertz CT molecular complexity index is 1050. The van der Waals surface area contributed by atoms with Gasteiger partial charge in [0.2, 0.25) is 0 Å². The molecule has 1 heterocycles. The number of hydrogen-bond acceptors (Lipinski definition) is 5. The summed E-state index contributed by atoms with van der Waals surface area (Å²) >= 11 is 1.19. The fourth-order valence-corrected chi connectivity index (χ4v) is 7.60. The van der Waals surface area contributed by atoms with Crippen molar-refractivity contribution < 1.29 is 17.9 Å². The number of sulfonamides is 1. The van der Waals surface area contributed by atoms with Gasteiger partial charge in [0, 0.05) is 13.1 Å². The summed E-state index contributed by atoms with van der Waals surface area (Å²) in [6.45, 7) is 6.89. The molecule has 2 aliphatic carbocycles. The van der Waals surface area contributed by atoms with Crippen molar-refractivity contribution in [1.29, 1.82) is 0 Å². The summed E-state index contributed by atoms with van der Waals surface area (Å²) in [6, 6.07) is 10.2. The second-order valence-corrected chi connectivity index (χ2v) is 12.6. The smallest absolute Gasteiger partial charge is 0.273 e. The number of ether oxygens (including phenoxy) is 1. The van der Waals surface area contributed by atoms with Gasteiger partial charge in [-0.15, -0.1) is 11.3 Å². The number of benzene rings is 1. The van der Waals surface area contributed by atoms with Crippen LogP contribution in [0.3, 0.4) is 0 Å². The summed E-state index contributed by atoms with van der Waals surface area (Å²) in [5.74, 6) is 1.08. The number of hydrogen-bond donors (Lipinski definition) is 1. The van der Waals surface area contributed by atoms with Gasteiger partial charge in [0.1, 0.15) is 9.96 Å². The zero-order valence-corrected chi connectivity index (χ0v) is 20.1. The second-order valence-electron chi connectivity index (χ2n) is 9.42. The van der Waals surface area contributed by atoms with Crippen LogP contribution in [0, 0.1) is 16.7 Å². The molecule has 1 N–H and O–H groups in total. The van der Waals surface area contributed by atoms with Crippen LogP contribution >= 0.6 is 11.3 Å². The van der Waals surface area contributed by atoms with Gasteiger partial charge in [-0.2, -0.15) is 0 Å². The average Bonchev–Trinajstić information content (AvgIpc) is 3.40. The van der Waals surface area contributed by atoms with E-state index in [0.717, 1.165) is 12.8 Å². The molecule has 2 aliphatic rings. The molecule has 168 valence electrons. The monoisotopic (exact) mass is 462 g/mol. The summed E-state index contributed by atoms with van der Waals surface area (Å²) in [6.07, 6.45) is 3.43. The van der Waals surface area contributed by atoms with Crippen LogP contribution in [-0.4, -0.2) is 34.0 Å². The van der Waals surface area contributed by atoms with Gasteiger partial charge in [-0.1, -0.05) is 26.8 Å².